The number of carbonyl (C=O) groups is 1. The average Bonchev–Trinajstić information content (AvgIpc) is 3.27. The van der Waals surface area contributed by atoms with Crippen LogP contribution in [0.4, 0.5) is 19.1 Å². The summed E-state index contributed by atoms with van der Waals surface area (Å²) in [4.78, 5) is 26.9. The molecule has 1 amide bonds. The number of fused-ring (bicyclic) bond motifs is 1. The molecule has 184 valence electrons. The zero-order valence-corrected chi connectivity index (χ0v) is 19.0. The lowest BCUT2D eigenvalue weighted by Gasteiger charge is -2.33. The van der Waals surface area contributed by atoms with Gasteiger partial charge >= 0.3 is 6.18 Å². The quantitative estimate of drug-likeness (QED) is 0.418. The van der Waals surface area contributed by atoms with E-state index in [1.165, 1.54) is 12.4 Å². The number of aromatic nitrogens is 4. The van der Waals surface area contributed by atoms with Crippen LogP contribution in [-0.2, 0) is 11.0 Å². The number of pyridine rings is 1. The van der Waals surface area contributed by atoms with Crippen LogP contribution in [0.5, 0.6) is 0 Å². The minimum Gasteiger partial charge on any atom is -0.352 e. The topological polar surface area (TPSA) is 145 Å². The van der Waals surface area contributed by atoms with Crippen LogP contribution in [0.3, 0.4) is 0 Å². The molecule has 1 aliphatic rings. The predicted molar refractivity (Wildman–Crippen MR) is 123 cm³/mol. The number of anilines is 1. The molecule has 3 aromatic rings. The summed E-state index contributed by atoms with van der Waals surface area (Å²) < 4.78 is 39.7. The maximum absolute atomic E-state index is 13.2. The van der Waals surface area contributed by atoms with E-state index in [2.05, 4.69) is 30.6 Å². The van der Waals surface area contributed by atoms with Gasteiger partial charge in [-0.05, 0) is 44.6 Å². The Hall–Kier alpha value is -3.72. The first-order valence-corrected chi connectivity index (χ1v) is 11.3. The van der Waals surface area contributed by atoms with Crippen molar-refractivity contribution in [2.45, 2.75) is 50.9 Å². The molecule has 0 bridgehead atoms. The monoisotopic (exact) mass is 486 g/mol. The lowest BCUT2D eigenvalue weighted by molar-refractivity contribution is -0.137. The van der Waals surface area contributed by atoms with Gasteiger partial charge in [0.25, 0.3) is 0 Å². The van der Waals surface area contributed by atoms with Gasteiger partial charge < -0.3 is 21.4 Å². The van der Waals surface area contributed by atoms with E-state index in [0.717, 1.165) is 37.9 Å². The Morgan fingerprint density at radius 2 is 2.03 bits per heavy atom. The molecule has 0 radical (unpaired) electrons. The number of rotatable bonds is 6. The van der Waals surface area contributed by atoms with Crippen molar-refractivity contribution in [2.24, 2.45) is 11.7 Å². The molecule has 3 aromatic heterocycles. The Morgan fingerprint density at radius 3 is 2.69 bits per heavy atom. The number of nitriles is 1. The van der Waals surface area contributed by atoms with Crippen LogP contribution in [0.2, 0.25) is 0 Å². The summed E-state index contributed by atoms with van der Waals surface area (Å²) >= 11 is 0. The van der Waals surface area contributed by atoms with Gasteiger partial charge in [0.1, 0.15) is 11.7 Å². The Bertz CT molecular complexity index is 1260. The lowest BCUT2D eigenvalue weighted by atomic mass is 9.82. The third-order valence-electron chi connectivity index (χ3n) is 6.41. The zero-order valence-electron chi connectivity index (χ0n) is 19.0. The molecule has 1 aliphatic carbocycles. The van der Waals surface area contributed by atoms with E-state index in [9.17, 15) is 23.2 Å². The summed E-state index contributed by atoms with van der Waals surface area (Å²) in [6.07, 6.45) is 2.52. The van der Waals surface area contributed by atoms with E-state index in [1.54, 1.807) is 0 Å². The Labute approximate surface area is 199 Å². The molecule has 1 saturated carbocycles. The molecule has 9 nitrogen and oxygen atoms in total. The minimum atomic E-state index is -4.55. The van der Waals surface area contributed by atoms with Crippen molar-refractivity contribution in [3.8, 4) is 17.3 Å². The van der Waals surface area contributed by atoms with E-state index in [-0.39, 0.29) is 52.8 Å². The van der Waals surface area contributed by atoms with Gasteiger partial charge in [-0.25, -0.2) is 15.0 Å². The van der Waals surface area contributed by atoms with Gasteiger partial charge in [0.15, 0.2) is 0 Å². The molecular weight excluding hydrogens is 461 g/mol. The first-order valence-electron chi connectivity index (χ1n) is 11.3. The van der Waals surface area contributed by atoms with Crippen LogP contribution in [0, 0.1) is 17.2 Å². The number of hydrogen-bond acceptors (Lipinski definition) is 7. The third-order valence-corrected chi connectivity index (χ3v) is 6.41. The summed E-state index contributed by atoms with van der Waals surface area (Å²) in [5, 5.41) is 16.0. The SMILES string of the molecule is C[C@@H](Nc1ncc(C#N)c(-c2c[nH]c3ncc(C(F)(F)F)cc23)n1)C1CCC(NC(=O)CN)CC1. The number of nitrogens with one attached hydrogen (secondary N) is 3. The average molecular weight is 487 g/mol. The van der Waals surface area contributed by atoms with Crippen LogP contribution < -0.4 is 16.4 Å². The number of halogens is 3. The maximum Gasteiger partial charge on any atom is 0.417 e. The molecule has 0 aliphatic heterocycles. The van der Waals surface area contributed by atoms with Crippen molar-refractivity contribution in [3.63, 3.8) is 0 Å². The molecule has 5 N–H and O–H groups in total. The summed E-state index contributed by atoms with van der Waals surface area (Å²) in [5.74, 6) is 0.433. The molecular formula is C23H25F3N8O. The highest BCUT2D eigenvalue weighted by Gasteiger charge is 2.32. The molecule has 0 spiro atoms. The molecule has 1 fully saturated rings. The van der Waals surface area contributed by atoms with Gasteiger partial charge in [0.05, 0.1) is 29.6 Å². The Kier molecular flexibility index (Phi) is 6.88. The van der Waals surface area contributed by atoms with E-state index < -0.39 is 11.7 Å². The number of nitrogens with zero attached hydrogens (tertiary/aromatic N) is 4. The van der Waals surface area contributed by atoms with Crippen molar-refractivity contribution in [1.29, 1.82) is 5.26 Å². The van der Waals surface area contributed by atoms with Gasteiger partial charge in [-0.3, -0.25) is 4.79 Å². The largest absolute Gasteiger partial charge is 0.417 e. The van der Waals surface area contributed by atoms with Gasteiger partial charge in [-0.1, -0.05) is 0 Å². The smallest absolute Gasteiger partial charge is 0.352 e. The molecule has 12 heteroatoms. The zero-order chi connectivity index (χ0) is 25.2. The van der Waals surface area contributed by atoms with Gasteiger partial charge in [-0.2, -0.15) is 18.4 Å². The Balaban J connectivity index is 1.54. The Morgan fingerprint density at radius 1 is 1.29 bits per heavy atom. The normalized spacial score (nSPS) is 19.2. The first-order chi connectivity index (χ1) is 16.7. The predicted octanol–water partition coefficient (Wildman–Crippen LogP) is 3.34. The maximum atomic E-state index is 13.2. The summed E-state index contributed by atoms with van der Waals surface area (Å²) in [6, 6.07) is 3.12. The summed E-state index contributed by atoms with van der Waals surface area (Å²) in [5.41, 5.74) is 5.43. The molecule has 4 rings (SSSR count). The number of amides is 1. The van der Waals surface area contributed by atoms with Crippen LogP contribution in [0.15, 0.2) is 24.7 Å². The van der Waals surface area contributed by atoms with E-state index in [1.807, 2.05) is 13.0 Å². The van der Waals surface area contributed by atoms with Crippen molar-refractivity contribution in [1.82, 2.24) is 25.3 Å². The van der Waals surface area contributed by atoms with Gasteiger partial charge in [-0.15, -0.1) is 0 Å². The third kappa shape index (κ3) is 5.35. The molecule has 0 saturated heterocycles. The van der Waals surface area contributed by atoms with E-state index in [4.69, 9.17) is 5.73 Å². The van der Waals surface area contributed by atoms with Crippen LogP contribution in [0.1, 0.15) is 43.7 Å². The van der Waals surface area contributed by atoms with Crippen molar-refractivity contribution < 1.29 is 18.0 Å². The van der Waals surface area contributed by atoms with Crippen molar-refractivity contribution in [2.75, 3.05) is 11.9 Å². The highest BCUT2D eigenvalue weighted by Crippen LogP contribution is 2.35. The summed E-state index contributed by atoms with van der Waals surface area (Å²) in [6.45, 7) is 1.98. The fourth-order valence-corrected chi connectivity index (χ4v) is 4.46. The molecule has 3 heterocycles. The second kappa shape index (κ2) is 9.87. The molecule has 0 unspecified atom stereocenters. The fraction of sp³-hybridized carbons (Fsp3) is 0.435. The number of alkyl halides is 3. The second-order valence-electron chi connectivity index (χ2n) is 8.70. The van der Waals surface area contributed by atoms with E-state index >= 15 is 0 Å². The van der Waals surface area contributed by atoms with Crippen molar-refractivity contribution >= 4 is 22.9 Å². The number of H-pyrrole nitrogens is 1. The van der Waals surface area contributed by atoms with Crippen LogP contribution in [-0.4, -0.2) is 44.5 Å². The molecule has 35 heavy (non-hydrogen) atoms. The number of aromatic amines is 1. The van der Waals surface area contributed by atoms with Crippen molar-refractivity contribution in [3.05, 3.63) is 35.8 Å². The highest BCUT2D eigenvalue weighted by atomic mass is 19.4. The number of nitrogens with two attached hydrogens (primary N) is 1. The van der Waals surface area contributed by atoms with E-state index in [0.29, 0.717) is 11.5 Å². The number of carbonyl (C=O) groups excluding carboxylic acids is 1. The number of hydrogen-bond donors (Lipinski definition) is 4. The van der Waals surface area contributed by atoms with Gasteiger partial charge in [0.2, 0.25) is 11.9 Å². The van der Waals surface area contributed by atoms with Gasteiger partial charge in [0, 0.05) is 35.4 Å². The fourth-order valence-electron chi connectivity index (χ4n) is 4.46. The highest BCUT2D eigenvalue weighted by molar-refractivity contribution is 5.94. The lowest BCUT2D eigenvalue weighted by Crippen LogP contribution is -2.42. The first kappa shape index (κ1) is 24.4. The van der Waals surface area contributed by atoms with Crippen LogP contribution >= 0.6 is 0 Å². The second-order valence-corrected chi connectivity index (χ2v) is 8.70. The summed E-state index contributed by atoms with van der Waals surface area (Å²) in [7, 11) is 0. The minimum absolute atomic E-state index is 0.00316. The molecule has 1 atom stereocenters. The molecule has 0 aromatic carbocycles. The standard InChI is InChI=1S/C23H25F3N8O/c1-12(13-2-4-16(5-3-13)33-19(35)8-28)32-22-31-9-14(7-27)20(34-22)18-11-30-21-17(18)6-15(10-29-21)23(24,25)26/h6,9-13,16H,2-5,8,28H2,1H3,(H,29,30)(H,33,35)(H,31,32,34)/t12-,13?,16?/m1/s1. The van der Waals surface area contributed by atoms with Crippen LogP contribution in [0.25, 0.3) is 22.3 Å².